The molecule has 3 rings (SSSR count). The maximum absolute atomic E-state index is 12.2. The highest BCUT2D eigenvalue weighted by molar-refractivity contribution is 6.03. The molecule has 1 unspecified atom stereocenters. The Hall–Kier alpha value is -2.90. The summed E-state index contributed by atoms with van der Waals surface area (Å²) in [7, 11) is 1.57. The van der Waals surface area contributed by atoms with Crippen LogP contribution in [0.4, 0.5) is 11.6 Å². The highest BCUT2D eigenvalue weighted by Crippen LogP contribution is 2.28. The molecule has 0 saturated carbocycles. The van der Waals surface area contributed by atoms with E-state index in [9.17, 15) is 9.59 Å². The van der Waals surface area contributed by atoms with Gasteiger partial charge in [-0.05, 0) is 12.1 Å². The van der Waals surface area contributed by atoms with E-state index in [0.717, 1.165) is 5.69 Å². The average Bonchev–Trinajstić information content (AvgIpc) is 3.17. The van der Waals surface area contributed by atoms with Crippen LogP contribution in [0.15, 0.2) is 30.6 Å². The molecule has 2 amide bonds. The topological polar surface area (TPSA) is 100 Å². The number of aromatic amines is 1. The molecule has 1 atom stereocenters. The Bertz CT molecular complexity index is 686. The van der Waals surface area contributed by atoms with E-state index in [1.54, 1.807) is 24.1 Å². The summed E-state index contributed by atoms with van der Waals surface area (Å²) >= 11 is 0. The number of nitrogens with one attached hydrogen (secondary N) is 2. The Labute approximate surface area is 126 Å². The van der Waals surface area contributed by atoms with Crippen LogP contribution in [0.25, 0.3) is 0 Å². The molecule has 8 nitrogen and oxygen atoms in total. The van der Waals surface area contributed by atoms with Gasteiger partial charge in [-0.1, -0.05) is 6.07 Å². The third kappa shape index (κ3) is 2.76. The number of ether oxygens (including phenoxy) is 1. The maximum Gasteiger partial charge on any atom is 0.232 e. The van der Waals surface area contributed by atoms with Crippen LogP contribution in [0.5, 0.6) is 5.75 Å². The normalized spacial score (nSPS) is 17.6. The molecule has 1 aromatic heterocycles. The number of aromatic nitrogens is 3. The molecule has 0 spiro atoms. The Morgan fingerprint density at radius 1 is 1.50 bits per heavy atom. The lowest BCUT2D eigenvalue weighted by molar-refractivity contribution is -0.122. The lowest BCUT2D eigenvalue weighted by atomic mass is 10.1. The number of benzene rings is 1. The minimum atomic E-state index is -0.427. The third-order valence-electron chi connectivity index (χ3n) is 3.52. The number of amides is 2. The number of H-pyrrole nitrogens is 1. The molecule has 1 aliphatic heterocycles. The fourth-order valence-corrected chi connectivity index (χ4v) is 2.40. The van der Waals surface area contributed by atoms with Crippen molar-refractivity contribution in [2.75, 3.05) is 23.9 Å². The molecule has 0 bridgehead atoms. The van der Waals surface area contributed by atoms with E-state index in [-0.39, 0.29) is 24.2 Å². The average molecular weight is 301 g/mol. The number of anilines is 2. The van der Waals surface area contributed by atoms with Crippen molar-refractivity contribution in [1.29, 1.82) is 0 Å². The molecule has 1 aliphatic rings. The third-order valence-corrected chi connectivity index (χ3v) is 3.52. The minimum absolute atomic E-state index is 0.0917. The zero-order chi connectivity index (χ0) is 15.5. The Morgan fingerprint density at radius 3 is 3.09 bits per heavy atom. The fourth-order valence-electron chi connectivity index (χ4n) is 2.40. The zero-order valence-electron chi connectivity index (χ0n) is 11.9. The molecule has 1 saturated heterocycles. The number of methoxy groups -OCH3 is 1. The fraction of sp³-hybridized carbons (Fsp3) is 0.286. The Kier molecular flexibility index (Phi) is 3.73. The van der Waals surface area contributed by atoms with E-state index in [0.29, 0.717) is 12.3 Å². The molecule has 2 aromatic rings. The van der Waals surface area contributed by atoms with Crippen LogP contribution in [0.2, 0.25) is 0 Å². The second-order valence-electron chi connectivity index (χ2n) is 4.93. The number of carbonyl (C=O) groups excluding carboxylic acids is 2. The molecule has 2 N–H and O–H groups in total. The smallest absolute Gasteiger partial charge is 0.232 e. The van der Waals surface area contributed by atoms with Gasteiger partial charge in [0.2, 0.25) is 17.8 Å². The van der Waals surface area contributed by atoms with Crippen LogP contribution < -0.4 is 15.0 Å². The Balaban J connectivity index is 1.71. The second-order valence-corrected chi connectivity index (χ2v) is 4.93. The van der Waals surface area contributed by atoms with Crippen molar-refractivity contribution < 1.29 is 14.3 Å². The summed E-state index contributed by atoms with van der Waals surface area (Å²) < 4.78 is 5.16. The lowest BCUT2D eigenvalue weighted by Crippen LogP contribution is -2.28. The van der Waals surface area contributed by atoms with Gasteiger partial charge in [0.05, 0.1) is 13.0 Å². The van der Waals surface area contributed by atoms with E-state index < -0.39 is 5.92 Å². The van der Waals surface area contributed by atoms with Crippen molar-refractivity contribution in [2.45, 2.75) is 6.42 Å². The van der Waals surface area contributed by atoms with Crippen molar-refractivity contribution in [3.05, 3.63) is 30.6 Å². The van der Waals surface area contributed by atoms with Gasteiger partial charge in [0, 0.05) is 24.7 Å². The standard InChI is InChI=1S/C14H15N5O3/c1-22-11-4-2-3-10(6-11)19-7-9(5-12(19)20)13(21)17-14-15-8-16-18-14/h2-4,6,8-9H,5,7H2,1H3,(H2,15,16,17,18,21). The van der Waals surface area contributed by atoms with Gasteiger partial charge < -0.3 is 9.64 Å². The molecule has 0 radical (unpaired) electrons. The summed E-state index contributed by atoms with van der Waals surface area (Å²) in [6.45, 7) is 0.325. The number of rotatable bonds is 4. The summed E-state index contributed by atoms with van der Waals surface area (Å²) in [5.74, 6) is 0.169. The molecule has 1 aromatic carbocycles. The maximum atomic E-state index is 12.2. The summed E-state index contributed by atoms with van der Waals surface area (Å²) in [5, 5.41) is 8.82. The van der Waals surface area contributed by atoms with Gasteiger partial charge in [0.1, 0.15) is 12.1 Å². The number of hydrogen-bond acceptors (Lipinski definition) is 5. The second kappa shape index (κ2) is 5.84. The van der Waals surface area contributed by atoms with Crippen molar-refractivity contribution in [3.63, 3.8) is 0 Å². The van der Waals surface area contributed by atoms with E-state index >= 15 is 0 Å². The predicted octanol–water partition coefficient (Wildman–Crippen LogP) is 0.805. The van der Waals surface area contributed by atoms with E-state index in [1.165, 1.54) is 6.33 Å². The molecule has 0 aliphatic carbocycles. The Morgan fingerprint density at radius 2 is 2.36 bits per heavy atom. The first-order chi connectivity index (χ1) is 10.7. The first-order valence-electron chi connectivity index (χ1n) is 6.78. The molecule has 1 fully saturated rings. The summed E-state index contributed by atoms with van der Waals surface area (Å²) in [6, 6.07) is 7.20. The molecule has 2 heterocycles. The number of nitrogens with zero attached hydrogens (tertiary/aromatic N) is 3. The van der Waals surface area contributed by atoms with E-state index in [1.807, 2.05) is 12.1 Å². The highest BCUT2D eigenvalue weighted by atomic mass is 16.5. The summed E-state index contributed by atoms with van der Waals surface area (Å²) in [4.78, 5) is 29.7. The first-order valence-corrected chi connectivity index (χ1v) is 6.78. The van der Waals surface area contributed by atoms with E-state index in [2.05, 4.69) is 20.5 Å². The van der Waals surface area contributed by atoms with E-state index in [4.69, 9.17) is 4.74 Å². The van der Waals surface area contributed by atoms with Gasteiger partial charge in [-0.15, -0.1) is 0 Å². The molecule has 8 heteroatoms. The molecule has 114 valence electrons. The zero-order valence-corrected chi connectivity index (χ0v) is 11.9. The van der Waals surface area contributed by atoms with Gasteiger partial charge >= 0.3 is 0 Å². The predicted molar refractivity (Wildman–Crippen MR) is 78.5 cm³/mol. The van der Waals surface area contributed by atoms with Crippen molar-refractivity contribution in [2.24, 2.45) is 5.92 Å². The summed E-state index contributed by atoms with van der Waals surface area (Å²) in [5.41, 5.74) is 0.722. The molecular weight excluding hydrogens is 286 g/mol. The van der Waals surface area contributed by atoms with Gasteiger partial charge in [-0.2, -0.15) is 10.1 Å². The van der Waals surface area contributed by atoms with Crippen molar-refractivity contribution in [1.82, 2.24) is 15.2 Å². The first kappa shape index (κ1) is 14.1. The summed E-state index contributed by atoms with van der Waals surface area (Å²) in [6.07, 6.45) is 1.47. The molecular formula is C14H15N5O3. The van der Waals surface area contributed by atoms with Crippen LogP contribution in [0, 0.1) is 5.92 Å². The number of hydrogen-bond donors (Lipinski definition) is 2. The van der Waals surface area contributed by atoms with Crippen molar-refractivity contribution >= 4 is 23.5 Å². The van der Waals surface area contributed by atoms with Gasteiger partial charge in [0.25, 0.3) is 0 Å². The molecule has 22 heavy (non-hydrogen) atoms. The van der Waals surface area contributed by atoms with Crippen molar-refractivity contribution in [3.8, 4) is 5.75 Å². The largest absolute Gasteiger partial charge is 0.497 e. The minimum Gasteiger partial charge on any atom is -0.497 e. The SMILES string of the molecule is COc1cccc(N2CC(C(=O)Nc3ncn[nH]3)CC2=O)c1. The van der Waals surface area contributed by atoms with Crippen LogP contribution in [-0.4, -0.2) is 40.7 Å². The van der Waals surface area contributed by atoms with Gasteiger partial charge in [-0.25, -0.2) is 5.10 Å². The van der Waals surface area contributed by atoms with Crippen LogP contribution in [0.1, 0.15) is 6.42 Å². The number of carbonyl (C=O) groups is 2. The van der Waals surface area contributed by atoms with Crippen LogP contribution in [0.3, 0.4) is 0 Å². The van der Waals surface area contributed by atoms with Crippen LogP contribution in [-0.2, 0) is 9.59 Å². The quantitative estimate of drug-likeness (QED) is 0.870. The van der Waals surface area contributed by atoms with Gasteiger partial charge in [0.15, 0.2) is 0 Å². The van der Waals surface area contributed by atoms with Gasteiger partial charge in [-0.3, -0.25) is 14.9 Å². The van der Waals surface area contributed by atoms with Crippen LogP contribution >= 0.6 is 0 Å². The monoisotopic (exact) mass is 301 g/mol. The highest BCUT2D eigenvalue weighted by Gasteiger charge is 2.35. The lowest BCUT2D eigenvalue weighted by Gasteiger charge is -2.17.